The standard InChI is InChI=1S/C13H17N5O.2ClH/c1-14-5-2-6-16-13(19)11-3-4-12(17-9-11)18-8-7-15-10-18;;/h3-4,7-10,14H,2,5-6H2,1H3,(H,16,19);2*1H. The van der Waals surface area contributed by atoms with Crippen LogP contribution in [0.5, 0.6) is 0 Å². The van der Waals surface area contributed by atoms with Gasteiger partial charge in [-0.25, -0.2) is 9.97 Å². The van der Waals surface area contributed by atoms with Gasteiger partial charge in [0.1, 0.15) is 12.1 Å². The van der Waals surface area contributed by atoms with Gasteiger partial charge in [0, 0.05) is 25.1 Å². The number of aromatic nitrogens is 3. The summed E-state index contributed by atoms with van der Waals surface area (Å²) < 4.78 is 1.79. The quantitative estimate of drug-likeness (QED) is 0.786. The van der Waals surface area contributed by atoms with Crippen molar-refractivity contribution in [2.75, 3.05) is 20.1 Å². The molecule has 0 spiro atoms. The Morgan fingerprint density at radius 2 is 2.10 bits per heavy atom. The Bertz CT molecular complexity index is 516. The minimum Gasteiger partial charge on any atom is -0.352 e. The van der Waals surface area contributed by atoms with Crippen LogP contribution in [-0.4, -0.2) is 40.6 Å². The lowest BCUT2D eigenvalue weighted by atomic mass is 10.2. The van der Waals surface area contributed by atoms with Gasteiger partial charge >= 0.3 is 0 Å². The van der Waals surface area contributed by atoms with E-state index in [1.54, 1.807) is 41.6 Å². The van der Waals surface area contributed by atoms with E-state index in [1.165, 1.54) is 0 Å². The number of halogens is 2. The van der Waals surface area contributed by atoms with Crippen LogP contribution in [0.15, 0.2) is 37.1 Å². The summed E-state index contributed by atoms with van der Waals surface area (Å²) in [5.74, 6) is 0.644. The monoisotopic (exact) mass is 331 g/mol. The van der Waals surface area contributed by atoms with E-state index in [2.05, 4.69) is 20.6 Å². The highest BCUT2D eigenvalue weighted by Gasteiger charge is 2.05. The average molecular weight is 332 g/mol. The largest absolute Gasteiger partial charge is 0.352 e. The van der Waals surface area contributed by atoms with Crippen molar-refractivity contribution in [2.45, 2.75) is 6.42 Å². The average Bonchev–Trinajstić information content (AvgIpc) is 2.98. The molecule has 1 amide bonds. The van der Waals surface area contributed by atoms with Gasteiger partial charge in [-0.15, -0.1) is 24.8 Å². The molecule has 0 radical (unpaired) electrons. The van der Waals surface area contributed by atoms with Crippen LogP contribution in [0, 0.1) is 0 Å². The highest BCUT2D eigenvalue weighted by atomic mass is 35.5. The molecule has 0 atom stereocenters. The van der Waals surface area contributed by atoms with Crippen molar-refractivity contribution in [3.05, 3.63) is 42.6 Å². The minimum absolute atomic E-state index is 0. The fraction of sp³-hybridized carbons (Fsp3) is 0.308. The first-order valence-corrected chi connectivity index (χ1v) is 6.18. The highest BCUT2D eigenvalue weighted by Crippen LogP contribution is 2.05. The van der Waals surface area contributed by atoms with Crippen LogP contribution in [0.2, 0.25) is 0 Å². The summed E-state index contributed by atoms with van der Waals surface area (Å²) in [4.78, 5) is 20.0. The van der Waals surface area contributed by atoms with Crippen LogP contribution < -0.4 is 10.6 Å². The van der Waals surface area contributed by atoms with Crippen molar-refractivity contribution in [2.24, 2.45) is 0 Å². The van der Waals surface area contributed by atoms with Gasteiger partial charge in [0.15, 0.2) is 0 Å². The predicted octanol–water partition coefficient (Wildman–Crippen LogP) is 1.45. The zero-order valence-corrected chi connectivity index (χ0v) is 13.3. The third-order valence-corrected chi connectivity index (χ3v) is 2.67. The SMILES string of the molecule is CNCCCNC(=O)c1ccc(-n2ccnc2)nc1.Cl.Cl. The molecule has 0 aliphatic heterocycles. The molecule has 2 N–H and O–H groups in total. The summed E-state index contributed by atoms with van der Waals surface area (Å²) in [6, 6.07) is 3.56. The van der Waals surface area contributed by atoms with Crippen LogP contribution in [0.1, 0.15) is 16.8 Å². The summed E-state index contributed by atoms with van der Waals surface area (Å²) >= 11 is 0. The normalized spacial score (nSPS) is 9.38. The lowest BCUT2D eigenvalue weighted by Gasteiger charge is -2.06. The van der Waals surface area contributed by atoms with Gasteiger partial charge in [-0.2, -0.15) is 0 Å². The van der Waals surface area contributed by atoms with Gasteiger partial charge in [-0.1, -0.05) is 0 Å². The number of carbonyl (C=O) groups is 1. The second kappa shape index (κ2) is 10.1. The van der Waals surface area contributed by atoms with E-state index in [0.717, 1.165) is 18.8 Å². The van der Waals surface area contributed by atoms with Crippen LogP contribution in [0.4, 0.5) is 0 Å². The van der Waals surface area contributed by atoms with Crippen LogP contribution >= 0.6 is 24.8 Å². The number of nitrogens with zero attached hydrogens (tertiary/aromatic N) is 3. The molecule has 0 aromatic carbocycles. The van der Waals surface area contributed by atoms with E-state index in [9.17, 15) is 4.79 Å². The zero-order chi connectivity index (χ0) is 13.5. The molecule has 0 aliphatic carbocycles. The van der Waals surface area contributed by atoms with E-state index < -0.39 is 0 Å². The molecule has 21 heavy (non-hydrogen) atoms. The summed E-state index contributed by atoms with van der Waals surface area (Å²) in [7, 11) is 1.89. The van der Waals surface area contributed by atoms with Crippen LogP contribution in [0.25, 0.3) is 5.82 Å². The summed E-state index contributed by atoms with van der Waals surface area (Å²) in [6.45, 7) is 1.54. The number of rotatable bonds is 6. The molecule has 0 aliphatic rings. The molecule has 0 bridgehead atoms. The summed E-state index contributed by atoms with van der Waals surface area (Å²) in [5.41, 5.74) is 0.563. The Labute approximate surface area is 136 Å². The minimum atomic E-state index is -0.0965. The summed E-state index contributed by atoms with van der Waals surface area (Å²) in [5, 5.41) is 5.88. The first-order valence-electron chi connectivity index (χ1n) is 6.18. The maximum atomic E-state index is 11.8. The predicted molar refractivity (Wildman–Crippen MR) is 86.7 cm³/mol. The van der Waals surface area contributed by atoms with Crippen LogP contribution in [0.3, 0.4) is 0 Å². The molecule has 2 heterocycles. The van der Waals surface area contributed by atoms with Gasteiger partial charge in [-0.05, 0) is 32.1 Å². The van der Waals surface area contributed by atoms with E-state index in [4.69, 9.17) is 0 Å². The van der Waals surface area contributed by atoms with E-state index in [0.29, 0.717) is 12.1 Å². The lowest BCUT2D eigenvalue weighted by molar-refractivity contribution is 0.0953. The molecule has 0 unspecified atom stereocenters. The second-order valence-electron chi connectivity index (χ2n) is 4.09. The Morgan fingerprint density at radius 3 is 2.67 bits per heavy atom. The van der Waals surface area contributed by atoms with Gasteiger partial charge in [0.25, 0.3) is 5.91 Å². The zero-order valence-electron chi connectivity index (χ0n) is 11.7. The van der Waals surface area contributed by atoms with Crippen molar-refractivity contribution in [3.63, 3.8) is 0 Å². The molecule has 2 rings (SSSR count). The Balaban J connectivity index is 0.00000200. The second-order valence-corrected chi connectivity index (χ2v) is 4.09. The first kappa shape index (κ1) is 19.4. The Morgan fingerprint density at radius 1 is 1.29 bits per heavy atom. The third kappa shape index (κ3) is 5.71. The lowest BCUT2D eigenvalue weighted by Crippen LogP contribution is -2.26. The van der Waals surface area contributed by atoms with Crippen molar-refractivity contribution < 1.29 is 4.79 Å². The van der Waals surface area contributed by atoms with Gasteiger partial charge in [0.2, 0.25) is 0 Å². The molecule has 2 aromatic heterocycles. The number of pyridine rings is 1. The topological polar surface area (TPSA) is 71.8 Å². The fourth-order valence-corrected chi connectivity index (χ4v) is 1.64. The highest BCUT2D eigenvalue weighted by molar-refractivity contribution is 5.93. The van der Waals surface area contributed by atoms with Crippen molar-refractivity contribution in [1.82, 2.24) is 25.2 Å². The molecule has 0 saturated carbocycles. The molecule has 0 saturated heterocycles. The van der Waals surface area contributed by atoms with E-state index in [-0.39, 0.29) is 30.7 Å². The van der Waals surface area contributed by atoms with E-state index in [1.807, 2.05) is 7.05 Å². The number of imidazole rings is 1. The molecule has 2 aromatic rings. The maximum absolute atomic E-state index is 11.8. The fourth-order valence-electron chi connectivity index (χ4n) is 1.64. The smallest absolute Gasteiger partial charge is 0.252 e. The number of hydrogen-bond donors (Lipinski definition) is 2. The van der Waals surface area contributed by atoms with Gasteiger partial charge < -0.3 is 10.6 Å². The summed E-state index contributed by atoms with van der Waals surface area (Å²) in [6.07, 6.45) is 7.63. The molecule has 116 valence electrons. The maximum Gasteiger partial charge on any atom is 0.252 e. The number of amides is 1. The first-order chi connectivity index (χ1) is 9.31. The number of hydrogen-bond acceptors (Lipinski definition) is 4. The number of nitrogens with one attached hydrogen (secondary N) is 2. The third-order valence-electron chi connectivity index (χ3n) is 2.67. The van der Waals surface area contributed by atoms with Crippen molar-refractivity contribution in [3.8, 4) is 5.82 Å². The number of carbonyl (C=O) groups excluding carboxylic acids is 1. The van der Waals surface area contributed by atoms with Crippen LogP contribution in [-0.2, 0) is 0 Å². The molecular formula is C13H19Cl2N5O. The van der Waals surface area contributed by atoms with E-state index >= 15 is 0 Å². The molecule has 8 heteroatoms. The molecule has 0 fully saturated rings. The van der Waals surface area contributed by atoms with Crippen molar-refractivity contribution >= 4 is 30.7 Å². The Kier molecular flexibility index (Phi) is 9.36. The van der Waals surface area contributed by atoms with Crippen molar-refractivity contribution in [1.29, 1.82) is 0 Å². The van der Waals surface area contributed by atoms with Gasteiger partial charge in [-0.3, -0.25) is 9.36 Å². The molecular weight excluding hydrogens is 313 g/mol. The Hall–Kier alpha value is -1.63. The molecule has 6 nitrogen and oxygen atoms in total. The van der Waals surface area contributed by atoms with Gasteiger partial charge in [0.05, 0.1) is 5.56 Å².